The van der Waals surface area contributed by atoms with Gasteiger partial charge in [0, 0.05) is 25.7 Å². The standard InChI is InChI=1S/C34H49N5O10/c1-20-16-26(32(45)47-18-24(35)31(44)48-19-27(40)23-12-9-8-10-13-23)39(17-20)29(42)21(2)36-28(41)22(3)37(7)30(43)25-14-11-15-38(25)33(46)49-34(4,5)6/h8-10,12-13,20-22,24-26H,11,14-19,35H2,1-7H3,(H,36,41)/t20-,21-,22-,24-,25-,26-/m0/s1. The number of carbonyl (C=O) groups excluding carboxylic acids is 7. The Balaban J connectivity index is 1.52. The lowest BCUT2D eigenvalue weighted by Crippen LogP contribution is -2.56. The highest BCUT2D eigenvalue weighted by molar-refractivity contribution is 5.98. The third-order valence-electron chi connectivity index (χ3n) is 8.42. The van der Waals surface area contributed by atoms with Crippen molar-refractivity contribution in [3.8, 4) is 0 Å². The van der Waals surface area contributed by atoms with Crippen LogP contribution in [0.25, 0.3) is 0 Å². The van der Waals surface area contributed by atoms with E-state index in [0.717, 1.165) is 0 Å². The molecular weight excluding hydrogens is 638 g/mol. The number of nitrogens with zero attached hydrogens (tertiary/aromatic N) is 3. The van der Waals surface area contributed by atoms with Gasteiger partial charge in [0.15, 0.2) is 12.4 Å². The summed E-state index contributed by atoms with van der Waals surface area (Å²) in [6.07, 6.45) is 0.730. The molecule has 0 unspecified atom stereocenters. The Morgan fingerprint density at radius 1 is 1.00 bits per heavy atom. The summed E-state index contributed by atoms with van der Waals surface area (Å²) < 4.78 is 15.7. The number of ketones is 1. The molecule has 270 valence electrons. The molecule has 0 spiro atoms. The van der Waals surface area contributed by atoms with Crippen LogP contribution in [0.3, 0.4) is 0 Å². The van der Waals surface area contributed by atoms with Gasteiger partial charge in [0.1, 0.15) is 42.4 Å². The molecule has 0 saturated carbocycles. The number of Topliss-reactive ketones (excluding diaryl/α,β-unsaturated/α-hetero) is 1. The van der Waals surface area contributed by atoms with Gasteiger partial charge in [-0.15, -0.1) is 0 Å². The minimum Gasteiger partial charge on any atom is -0.462 e. The fourth-order valence-corrected chi connectivity index (χ4v) is 5.61. The van der Waals surface area contributed by atoms with E-state index in [-0.39, 0.29) is 12.5 Å². The summed E-state index contributed by atoms with van der Waals surface area (Å²) in [4.78, 5) is 94.1. The van der Waals surface area contributed by atoms with Gasteiger partial charge in [-0.3, -0.25) is 28.9 Å². The minimum atomic E-state index is -1.35. The van der Waals surface area contributed by atoms with Gasteiger partial charge in [0.25, 0.3) is 0 Å². The average Bonchev–Trinajstić information content (AvgIpc) is 3.71. The van der Waals surface area contributed by atoms with Crippen molar-refractivity contribution in [2.45, 2.75) is 96.6 Å². The summed E-state index contributed by atoms with van der Waals surface area (Å²) in [5, 5.41) is 2.63. The van der Waals surface area contributed by atoms with Crippen LogP contribution in [0.15, 0.2) is 30.3 Å². The van der Waals surface area contributed by atoms with Gasteiger partial charge in [-0.05, 0) is 59.8 Å². The maximum absolute atomic E-state index is 13.5. The summed E-state index contributed by atoms with van der Waals surface area (Å²) in [5.74, 6) is -3.73. The molecule has 15 nitrogen and oxygen atoms in total. The van der Waals surface area contributed by atoms with Crippen molar-refractivity contribution in [3.63, 3.8) is 0 Å². The van der Waals surface area contributed by atoms with Crippen molar-refractivity contribution in [2.75, 3.05) is 33.4 Å². The molecule has 15 heteroatoms. The number of benzene rings is 1. The van der Waals surface area contributed by atoms with Crippen LogP contribution in [-0.4, -0.2) is 125 Å². The third-order valence-corrected chi connectivity index (χ3v) is 8.42. The largest absolute Gasteiger partial charge is 0.462 e. The van der Waals surface area contributed by atoms with E-state index in [9.17, 15) is 33.6 Å². The Hall–Kier alpha value is -4.53. The summed E-state index contributed by atoms with van der Waals surface area (Å²) in [7, 11) is 1.46. The zero-order valence-electron chi connectivity index (χ0n) is 29.3. The van der Waals surface area contributed by atoms with Gasteiger partial charge in [0.2, 0.25) is 17.7 Å². The maximum atomic E-state index is 13.5. The Bertz CT molecular complexity index is 1400. The van der Waals surface area contributed by atoms with Crippen molar-refractivity contribution >= 4 is 41.5 Å². The second kappa shape index (κ2) is 16.7. The zero-order valence-corrected chi connectivity index (χ0v) is 29.3. The first-order valence-corrected chi connectivity index (χ1v) is 16.5. The van der Waals surface area contributed by atoms with Crippen LogP contribution in [0.4, 0.5) is 4.79 Å². The molecule has 2 saturated heterocycles. The summed E-state index contributed by atoms with van der Waals surface area (Å²) >= 11 is 0. The van der Waals surface area contributed by atoms with E-state index >= 15 is 0 Å². The molecule has 6 atom stereocenters. The van der Waals surface area contributed by atoms with Gasteiger partial charge in [0.05, 0.1) is 0 Å². The first-order chi connectivity index (χ1) is 22.9. The van der Waals surface area contributed by atoms with Crippen LogP contribution in [0.5, 0.6) is 0 Å². The first kappa shape index (κ1) is 38.9. The molecule has 0 radical (unpaired) electrons. The van der Waals surface area contributed by atoms with Crippen molar-refractivity contribution in [2.24, 2.45) is 11.7 Å². The molecule has 0 aromatic heterocycles. The number of hydrogen-bond donors (Lipinski definition) is 2. The van der Waals surface area contributed by atoms with E-state index in [1.54, 1.807) is 51.1 Å². The van der Waals surface area contributed by atoms with E-state index in [2.05, 4.69) is 5.32 Å². The molecule has 49 heavy (non-hydrogen) atoms. The smallest absolute Gasteiger partial charge is 0.410 e. The summed E-state index contributed by atoms with van der Waals surface area (Å²) in [6, 6.07) is 3.12. The number of esters is 2. The molecule has 3 rings (SSSR count). The molecule has 2 heterocycles. The van der Waals surface area contributed by atoms with Crippen LogP contribution >= 0.6 is 0 Å². The lowest BCUT2D eigenvalue weighted by atomic mass is 10.1. The molecule has 2 aliphatic rings. The number of nitrogens with one attached hydrogen (secondary N) is 1. The Morgan fingerprint density at radius 2 is 1.65 bits per heavy atom. The SMILES string of the molecule is C[C@H]1C[C@@H](C(=O)OC[C@H](N)C(=O)OCC(=O)c2ccccc2)N(C(=O)[C@H](C)NC(=O)[C@H](C)N(C)C(=O)[C@@H]2CCCN2C(=O)OC(C)(C)C)C1. The predicted molar refractivity (Wildman–Crippen MR) is 176 cm³/mol. The highest BCUT2D eigenvalue weighted by Crippen LogP contribution is 2.25. The van der Waals surface area contributed by atoms with Crippen LogP contribution in [0.2, 0.25) is 0 Å². The van der Waals surface area contributed by atoms with Crippen molar-refractivity contribution in [1.29, 1.82) is 0 Å². The number of rotatable bonds is 12. The van der Waals surface area contributed by atoms with E-state index < -0.39 is 90.6 Å². The Labute approximate surface area is 286 Å². The molecule has 2 aliphatic heterocycles. The molecule has 2 fully saturated rings. The summed E-state index contributed by atoms with van der Waals surface area (Å²) in [5.41, 5.74) is 5.46. The quantitative estimate of drug-likeness (QED) is 0.183. The number of amides is 4. The number of likely N-dealkylation sites (N-methyl/N-ethyl adjacent to an activating group) is 1. The van der Waals surface area contributed by atoms with Crippen molar-refractivity contribution in [3.05, 3.63) is 35.9 Å². The van der Waals surface area contributed by atoms with E-state index in [0.29, 0.717) is 31.4 Å². The van der Waals surface area contributed by atoms with Crippen LogP contribution in [-0.2, 0) is 38.2 Å². The number of hydrogen-bond acceptors (Lipinski definition) is 11. The fourth-order valence-electron chi connectivity index (χ4n) is 5.61. The van der Waals surface area contributed by atoms with E-state index in [1.165, 1.54) is 35.6 Å². The number of ether oxygens (including phenoxy) is 3. The van der Waals surface area contributed by atoms with Gasteiger partial charge >= 0.3 is 18.0 Å². The molecule has 0 aliphatic carbocycles. The summed E-state index contributed by atoms with van der Waals surface area (Å²) in [6.45, 7) is 9.59. The third kappa shape index (κ3) is 10.5. The second-order valence-electron chi connectivity index (χ2n) is 13.7. The Kier molecular flexibility index (Phi) is 13.3. The van der Waals surface area contributed by atoms with Crippen LogP contribution in [0, 0.1) is 5.92 Å². The highest BCUT2D eigenvalue weighted by atomic mass is 16.6. The van der Waals surface area contributed by atoms with Crippen molar-refractivity contribution in [1.82, 2.24) is 20.0 Å². The zero-order chi connectivity index (χ0) is 36.6. The first-order valence-electron chi connectivity index (χ1n) is 16.5. The molecule has 1 aromatic rings. The fraction of sp³-hybridized carbons (Fsp3) is 0.618. The second-order valence-corrected chi connectivity index (χ2v) is 13.7. The molecule has 0 bridgehead atoms. The molecule has 1 aromatic carbocycles. The number of likely N-dealkylation sites (tertiary alicyclic amines) is 2. The average molecular weight is 688 g/mol. The lowest BCUT2D eigenvalue weighted by Gasteiger charge is -2.33. The van der Waals surface area contributed by atoms with Gasteiger partial charge in [-0.25, -0.2) is 9.59 Å². The van der Waals surface area contributed by atoms with Gasteiger partial charge in [-0.2, -0.15) is 0 Å². The topological polar surface area (TPSA) is 195 Å². The molecular formula is C34H49N5O10. The van der Waals surface area contributed by atoms with Gasteiger partial charge in [-0.1, -0.05) is 37.3 Å². The molecule has 4 amide bonds. The highest BCUT2D eigenvalue weighted by Gasteiger charge is 2.42. The van der Waals surface area contributed by atoms with Gasteiger partial charge < -0.3 is 35.1 Å². The van der Waals surface area contributed by atoms with Crippen LogP contribution in [0.1, 0.15) is 71.2 Å². The predicted octanol–water partition coefficient (Wildman–Crippen LogP) is 1.27. The van der Waals surface area contributed by atoms with E-state index in [1.807, 2.05) is 6.92 Å². The maximum Gasteiger partial charge on any atom is 0.410 e. The van der Waals surface area contributed by atoms with Crippen LogP contribution < -0.4 is 11.1 Å². The number of nitrogens with two attached hydrogens (primary N) is 1. The van der Waals surface area contributed by atoms with Crippen molar-refractivity contribution < 1.29 is 47.8 Å². The normalized spacial score (nSPS) is 20.9. The number of carbonyl (C=O) groups is 7. The lowest BCUT2D eigenvalue weighted by molar-refractivity contribution is -0.157. The minimum absolute atomic E-state index is 0.0611. The monoisotopic (exact) mass is 687 g/mol. The van der Waals surface area contributed by atoms with E-state index in [4.69, 9.17) is 19.9 Å². The molecule has 3 N–H and O–H groups in total. The Morgan fingerprint density at radius 3 is 2.29 bits per heavy atom.